The molecule has 4 fully saturated rings. The van der Waals surface area contributed by atoms with E-state index in [0.717, 1.165) is 98.8 Å². The molecule has 0 amide bonds. The third-order valence-electron chi connectivity index (χ3n) is 17.2. The molecule has 7 aliphatic rings. The van der Waals surface area contributed by atoms with Crippen molar-refractivity contribution >= 4 is 11.8 Å². The lowest BCUT2D eigenvalue weighted by molar-refractivity contribution is -0.179. The number of hydrogen-bond acceptors (Lipinski definition) is 5. The number of rotatable bonds is 2. The van der Waals surface area contributed by atoms with E-state index in [9.17, 15) is 9.59 Å². The Hall–Kier alpha value is -2.82. The third kappa shape index (κ3) is 3.96. The predicted octanol–water partition coefficient (Wildman–Crippen LogP) is 10.6. The van der Waals surface area contributed by atoms with Crippen molar-refractivity contribution in [3.05, 3.63) is 58.2 Å². The van der Waals surface area contributed by atoms with Crippen LogP contribution in [0.3, 0.4) is 0 Å². The Bertz CT molecular complexity index is 1800. The van der Waals surface area contributed by atoms with Gasteiger partial charge < -0.3 is 14.2 Å². The highest BCUT2D eigenvalue weighted by Crippen LogP contribution is 2.75. The number of benzene rings is 1. The summed E-state index contributed by atoms with van der Waals surface area (Å²) in [7, 11) is 1.53. The van der Waals surface area contributed by atoms with Crippen LogP contribution in [0.1, 0.15) is 148 Å². The maximum absolute atomic E-state index is 14.6. The highest BCUT2D eigenvalue weighted by atomic mass is 16.6. The normalized spacial score (nSPS) is 45.6. The lowest BCUT2D eigenvalue weighted by Crippen LogP contribution is -2.64. The van der Waals surface area contributed by atoms with Gasteiger partial charge in [0.1, 0.15) is 0 Å². The van der Waals surface area contributed by atoms with E-state index in [4.69, 9.17) is 14.2 Å². The number of ether oxygens (including phenoxy) is 3. The van der Waals surface area contributed by atoms with Crippen molar-refractivity contribution in [1.29, 1.82) is 0 Å². The van der Waals surface area contributed by atoms with Crippen LogP contribution in [0.25, 0.3) is 0 Å². The van der Waals surface area contributed by atoms with Crippen LogP contribution >= 0.6 is 0 Å². The van der Waals surface area contributed by atoms with Crippen LogP contribution in [0, 0.1) is 46.3 Å². The van der Waals surface area contributed by atoms with Gasteiger partial charge in [-0.3, -0.25) is 9.59 Å². The first-order valence-electron chi connectivity index (χ1n) is 19.6. The summed E-state index contributed by atoms with van der Waals surface area (Å²) in [5, 5.41) is 0. The van der Waals surface area contributed by atoms with Gasteiger partial charge in [-0.25, -0.2) is 0 Å². The fraction of sp³-hybridized carbons (Fsp3) is 0.689. The molecule has 1 aromatic carbocycles. The van der Waals surface area contributed by atoms with E-state index in [0.29, 0.717) is 11.8 Å². The summed E-state index contributed by atoms with van der Waals surface area (Å²) in [4.78, 5) is 27.8. The molecule has 4 saturated carbocycles. The van der Waals surface area contributed by atoms with Gasteiger partial charge >= 0.3 is 5.97 Å². The maximum Gasteiger partial charge on any atom is 0.311 e. The second-order valence-corrected chi connectivity index (χ2v) is 19.5. The minimum Gasteiger partial charge on any atom is -0.478 e. The Morgan fingerprint density at radius 1 is 0.960 bits per heavy atom. The number of allylic oxidation sites excluding steroid dienone is 3. The number of carbonyl (C=O) groups is 2. The fourth-order valence-electron chi connectivity index (χ4n) is 13.4. The Labute approximate surface area is 300 Å². The smallest absolute Gasteiger partial charge is 0.311 e. The summed E-state index contributed by atoms with van der Waals surface area (Å²) in [6.07, 6.45) is 15.1. The van der Waals surface area contributed by atoms with Gasteiger partial charge in [0.15, 0.2) is 28.5 Å². The summed E-state index contributed by atoms with van der Waals surface area (Å²) in [5.74, 6) is 2.61. The van der Waals surface area contributed by atoms with Crippen LogP contribution < -0.4 is 9.47 Å². The lowest BCUT2D eigenvalue weighted by Gasteiger charge is -2.69. The molecule has 0 aromatic heterocycles. The molecule has 0 N–H and O–H groups in total. The zero-order valence-electron chi connectivity index (χ0n) is 32.5. The zero-order chi connectivity index (χ0) is 36.0. The summed E-state index contributed by atoms with van der Waals surface area (Å²) in [6.45, 7) is 25.2. The molecule has 1 aliphatic heterocycles. The van der Waals surface area contributed by atoms with Crippen molar-refractivity contribution in [2.24, 2.45) is 39.4 Å². The molecular weight excluding hydrogens is 620 g/mol. The lowest BCUT2D eigenvalue weighted by atomic mass is 9.34. The number of carbonyl (C=O) groups excluding carboxylic acids is 2. The summed E-state index contributed by atoms with van der Waals surface area (Å²) < 4.78 is 20.2. The van der Waals surface area contributed by atoms with Crippen molar-refractivity contribution in [2.75, 3.05) is 7.11 Å². The van der Waals surface area contributed by atoms with Crippen LogP contribution in [-0.4, -0.2) is 30.1 Å². The van der Waals surface area contributed by atoms with Gasteiger partial charge in [0, 0.05) is 35.3 Å². The molecule has 5 heteroatoms. The van der Waals surface area contributed by atoms with Crippen LogP contribution in [0.4, 0.5) is 0 Å². The van der Waals surface area contributed by atoms with Crippen molar-refractivity contribution < 1.29 is 23.8 Å². The van der Waals surface area contributed by atoms with Gasteiger partial charge in [-0.2, -0.15) is 0 Å². The Kier molecular flexibility index (Phi) is 7.13. The minimum atomic E-state index is -0.559. The topological polar surface area (TPSA) is 61.8 Å². The molecule has 6 aliphatic carbocycles. The summed E-state index contributed by atoms with van der Waals surface area (Å²) in [5.41, 5.74) is 4.72. The third-order valence-corrected chi connectivity index (χ3v) is 17.2. The van der Waals surface area contributed by atoms with Gasteiger partial charge in [-0.1, -0.05) is 52.8 Å². The molecule has 0 unspecified atom stereocenters. The Balaban J connectivity index is 1.24. The van der Waals surface area contributed by atoms with Gasteiger partial charge in [0.25, 0.3) is 0 Å². The van der Waals surface area contributed by atoms with Gasteiger partial charge in [-0.15, -0.1) is 0 Å². The van der Waals surface area contributed by atoms with Crippen molar-refractivity contribution in [2.45, 2.75) is 150 Å². The van der Waals surface area contributed by atoms with Gasteiger partial charge in [0.2, 0.25) is 0 Å². The van der Waals surface area contributed by atoms with Crippen LogP contribution in [-0.2, 0) is 14.9 Å². The number of fused-ring (bicyclic) bond motifs is 8. The molecule has 270 valence electrons. The molecular formula is C45H60O5. The first-order chi connectivity index (χ1) is 23.3. The van der Waals surface area contributed by atoms with Gasteiger partial charge in [0.05, 0.1) is 12.5 Å². The number of esters is 1. The monoisotopic (exact) mass is 680 g/mol. The largest absolute Gasteiger partial charge is 0.478 e. The first-order valence-corrected chi connectivity index (χ1v) is 19.6. The molecule has 1 aromatic rings. The van der Waals surface area contributed by atoms with E-state index in [1.807, 2.05) is 6.08 Å². The van der Waals surface area contributed by atoms with E-state index in [1.165, 1.54) is 23.8 Å². The second kappa shape index (κ2) is 10.4. The van der Waals surface area contributed by atoms with Gasteiger partial charge in [-0.05, 0) is 142 Å². The molecule has 50 heavy (non-hydrogen) atoms. The zero-order valence-corrected chi connectivity index (χ0v) is 32.5. The minimum absolute atomic E-state index is 0.0555. The Morgan fingerprint density at radius 2 is 1.68 bits per heavy atom. The molecule has 0 bridgehead atoms. The number of methoxy groups -OCH3 is 1. The van der Waals surface area contributed by atoms with Crippen molar-refractivity contribution in [3.8, 4) is 11.5 Å². The van der Waals surface area contributed by atoms with Crippen molar-refractivity contribution in [1.82, 2.24) is 0 Å². The molecule has 10 atom stereocenters. The van der Waals surface area contributed by atoms with Crippen LogP contribution in [0.15, 0.2) is 41.5 Å². The van der Waals surface area contributed by atoms with E-state index >= 15 is 0 Å². The van der Waals surface area contributed by atoms with E-state index < -0.39 is 16.6 Å². The first kappa shape index (κ1) is 34.3. The highest BCUT2D eigenvalue weighted by Gasteiger charge is 2.69. The van der Waals surface area contributed by atoms with Crippen molar-refractivity contribution in [3.63, 3.8) is 0 Å². The molecule has 0 radical (unpaired) electrons. The number of hydrogen-bond donors (Lipinski definition) is 0. The molecule has 1 heterocycles. The highest BCUT2D eigenvalue weighted by molar-refractivity contribution is 6.10. The van der Waals surface area contributed by atoms with Crippen LogP contribution in [0.2, 0.25) is 0 Å². The van der Waals surface area contributed by atoms with E-state index in [2.05, 4.69) is 81.0 Å². The average molecular weight is 681 g/mol. The molecule has 5 nitrogen and oxygen atoms in total. The van der Waals surface area contributed by atoms with E-state index in [1.54, 1.807) is 0 Å². The maximum atomic E-state index is 14.6. The number of ketones is 1. The quantitative estimate of drug-likeness (QED) is 0.230. The molecule has 8 rings (SSSR count). The average Bonchev–Trinajstić information content (AvgIpc) is 3.28. The predicted molar refractivity (Wildman–Crippen MR) is 198 cm³/mol. The van der Waals surface area contributed by atoms with Crippen LogP contribution in [0.5, 0.6) is 11.5 Å². The standard InChI is InChI=1S/C45H60O5/c1-26(2)30-13-12-27(3)44-15-14-28(4)45(44,24-30)49-33-22-31-36(29(5)37(33)50-44)32(46)23-34-41(31,8)19-21-43(10)35-25-40(7,38(47)48-11)17-16-39(35,6)18-20-42(34,43)9/h14,22-23,27,30,35H,1,12-13,15-21,24-25H2,2-11H3/t27-,30-,35-,39-,40-,41+,42-,43+,44+,45+/m1/s1. The SMILES string of the molecule is C=C(C)[C@@H]1CC[C@@H](C)[C@@]23CC=C(C)[C@]2(C1)Oc1cc2c(c(C)c1O3)C(=O)C=C1[C@@]2(C)CC[C@@]2(C)[C@@H]3C[C@](C)(C(=O)OC)CC[C@]3(C)CC[C@]12C. The Morgan fingerprint density at radius 3 is 2.38 bits per heavy atom. The fourth-order valence-corrected chi connectivity index (χ4v) is 13.4. The molecule has 0 saturated heterocycles. The summed E-state index contributed by atoms with van der Waals surface area (Å²) in [6, 6.07) is 2.23. The second-order valence-electron chi connectivity index (χ2n) is 19.5. The summed E-state index contributed by atoms with van der Waals surface area (Å²) >= 11 is 0. The van der Waals surface area contributed by atoms with E-state index in [-0.39, 0.29) is 39.3 Å². The molecule has 0 spiro atoms.